The SMILES string of the molecule is NC(=O)c1ccccc1OS(=O)(=O)c1cccc(Br)c1. The van der Waals surface area contributed by atoms with Crippen LogP contribution in [-0.4, -0.2) is 14.3 Å². The van der Waals surface area contributed by atoms with E-state index in [0.29, 0.717) is 4.47 Å². The molecule has 2 aromatic carbocycles. The smallest absolute Gasteiger partial charge is 0.339 e. The Labute approximate surface area is 124 Å². The molecule has 0 aliphatic carbocycles. The number of nitrogens with two attached hydrogens (primary N) is 1. The van der Waals surface area contributed by atoms with E-state index in [0.717, 1.165) is 0 Å². The summed E-state index contributed by atoms with van der Waals surface area (Å²) in [5, 5.41) is 0. The first-order valence-electron chi connectivity index (χ1n) is 5.49. The number of benzene rings is 2. The quantitative estimate of drug-likeness (QED) is 0.852. The summed E-state index contributed by atoms with van der Waals surface area (Å²) in [4.78, 5) is 11.2. The van der Waals surface area contributed by atoms with E-state index in [1.54, 1.807) is 24.3 Å². The molecular formula is C13H10BrNO4S. The van der Waals surface area contributed by atoms with Gasteiger partial charge in [-0.1, -0.05) is 34.1 Å². The van der Waals surface area contributed by atoms with Crippen molar-refractivity contribution < 1.29 is 17.4 Å². The number of hydrogen-bond acceptors (Lipinski definition) is 4. The fourth-order valence-electron chi connectivity index (χ4n) is 1.53. The highest BCUT2D eigenvalue weighted by Gasteiger charge is 2.20. The molecule has 0 saturated carbocycles. The van der Waals surface area contributed by atoms with Crippen LogP contribution in [0.15, 0.2) is 57.9 Å². The number of halogens is 1. The number of primary amides is 1. The van der Waals surface area contributed by atoms with Crippen molar-refractivity contribution in [3.8, 4) is 5.75 Å². The average Bonchev–Trinajstić information content (AvgIpc) is 2.38. The number of hydrogen-bond donors (Lipinski definition) is 1. The van der Waals surface area contributed by atoms with E-state index in [-0.39, 0.29) is 16.2 Å². The van der Waals surface area contributed by atoms with Crippen molar-refractivity contribution >= 4 is 32.0 Å². The lowest BCUT2D eigenvalue weighted by molar-refractivity contribution is 0.0999. The van der Waals surface area contributed by atoms with Crippen molar-refractivity contribution in [3.63, 3.8) is 0 Å². The number of amides is 1. The number of rotatable bonds is 4. The van der Waals surface area contributed by atoms with Gasteiger partial charge < -0.3 is 9.92 Å². The molecule has 0 aliphatic heterocycles. The second-order valence-corrected chi connectivity index (χ2v) is 6.32. The Hall–Kier alpha value is -1.86. The zero-order valence-electron chi connectivity index (χ0n) is 10.1. The van der Waals surface area contributed by atoms with Gasteiger partial charge in [0.05, 0.1) is 5.56 Å². The van der Waals surface area contributed by atoms with Crippen LogP contribution in [0.2, 0.25) is 0 Å². The molecule has 104 valence electrons. The van der Waals surface area contributed by atoms with Gasteiger partial charge in [0, 0.05) is 4.47 Å². The molecule has 0 saturated heterocycles. The van der Waals surface area contributed by atoms with Gasteiger partial charge in [-0.3, -0.25) is 4.79 Å². The Balaban J connectivity index is 2.41. The van der Waals surface area contributed by atoms with Crippen LogP contribution >= 0.6 is 15.9 Å². The van der Waals surface area contributed by atoms with Crippen LogP contribution < -0.4 is 9.92 Å². The minimum atomic E-state index is -4.03. The van der Waals surface area contributed by atoms with Gasteiger partial charge in [0.25, 0.3) is 5.91 Å². The fourth-order valence-corrected chi connectivity index (χ4v) is 3.08. The summed E-state index contributed by atoms with van der Waals surface area (Å²) >= 11 is 3.18. The van der Waals surface area contributed by atoms with Gasteiger partial charge in [0.2, 0.25) is 0 Å². The second kappa shape index (κ2) is 5.64. The molecule has 5 nitrogen and oxygen atoms in total. The van der Waals surface area contributed by atoms with Crippen LogP contribution in [0.25, 0.3) is 0 Å². The van der Waals surface area contributed by atoms with Crippen molar-refractivity contribution in [2.45, 2.75) is 4.90 Å². The first-order chi connectivity index (χ1) is 9.40. The highest BCUT2D eigenvalue weighted by atomic mass is 79.9. The largest absolute Gasteiger partial charge is 0.378 e. The van der Waals surface area contributed by atoms with E-state index in [1.807, 2.05) is 0 Å². The van der Waals surface area contributed by atoms with E-state index in [9.17, 15) is 13.2 Å². The Morgan fingerprint density at radius 1 is 1.10 bits per heavy atom. The minimum Gasteiger partial charge on any atom is -0.378 e. The lowest BCUT2D eigenvalue weighted by atomic mass is 10.2. The topological polar surface area (TPSA) is 86.5 Å². The monoisotopic (exact) mass is 355 g/mol. The first-order valence-corrected chi connectivity index (χ1v) is 7.69. The summed E-state index contributed by atoms with van der Waals surface area (Å²) in [7, 11) is -4.03. The molecule has 0 radical (unpaired) electrons. The lowest BCUT2D eigenvalue weighted by Crippen LogP contribution is -2.16. The van der Waals surface area contributed by atoms with E-state index in [4.69, 9.17) is 9.92 Å². The number of para-hydroxylation sites is 1. The van der Waals surface area contributed by atoms with E-state index >= 15 is 0 Å². The van der Waals surface area contributed by atoms with Crippen LogP contribution in [-0.2, 0) is 10.1 Å². The molecule has 2 rings (SSSR count). The van der Waals surface area contributed by atoms with Crippen LogP contribution in [0.5, 0.6) is 5.75 Å². The third-order valence-corrected chi connectivity index (χ3v) is 4.16. The third-order valence-electron chi connectivity index (χ3n) is 2.44. The number of carbonyl (C=O) groups is 1. The molecule has 7 heteroatoms. The molecule has 2 N–H and O–H groups in total. The Bertz CT molecular complexity index is 758. The van der Waals surface area contributed by atoms with Crippen molar-refractivity contribution in [2.75, 3.05) is 0 Å². The van der Waals surface area contributed by atoms with Crippen LogP contribution in [0.4, 0.5) is 0 Å². The maximum Gasteiger partial charge on any atom is 0.339 e. The molecule has 0 heterocycles. The summed E-state index contributed by atoms with van der Waals surface area (Å²) in [6, 6.07) is 12.0. The van der Waals surface area contributed by atoms with Crippen molar-refractivity contribution in [1.82, 2.24) is 0 Å². The molecular weight excluding hydrogens is 346 g/mol. The van der Waals surface area contributed by atoms with Crippen LogP contribution in [0, 0.1) is 0 Å². The van der Waals surface area contributed by atoms with Gasteiger partial charge in [-0.05, 0) is 30.3 Å². The maximum absolute atomic E-state index is 12.1. The summed E-state index contributed by atoms with van der Waals surface area (Å²) in [5.41, 5.74) is 5.18. The highest BCUT2D eigenvalue weighted by Crippen LogP contribution is 2.24. The Kier molecular flexibility index (Phi) is 4.10. The van der Waals surface area contributed by atoms with Gasteiger partial charge in [-0.25, -0.2) is 0 Å². The zero-order valence-corrected chi connectivity index (χ0v) is 12.5. The van der Waals surface area contributed by atoms with Gasteiger partial charge in [0.1, 0.15) is 4.90 Å². The summed E-state index contributed by atoms with van der Waals surface area (Å²) < 4.78 is 29.9. The number of carbonyl (C=O) groups excluding carboxylic acids is 1. The summed E-state index contributed by atoms with van der Waals surface area (Å²) in [6.45, 7) is 0. The summed E-state index contributed by atoms with van der Waals surface area (Å²) in [6.07, 6.45) is 0. The van der Waals surface area contributed by atoms with E-state index < -0.39 is 16.0 Å². The van der Waals surface area contributed by atoms with Gasteiger partial charge in [-0.2, -0.15) is 8.42 Å². The van der Waals surface area contributed by atoms with E-state index in [2.05, 4.69) is 15.9 Å². The Morgan fingerprint density at radius 3 is 2.45 bits per heavy atom. The molecule has 0 aliphatic rings. The van der Waals surface area contributed by atoms with Crippen molar-refractivity contribution in [1.29, 1.82) is 0 Å². The molecule has 0 spiro atoms. The third kappa shape index (κ3) is 3.17. The van der Waals surface area contributed by atoms with Crippen molar-refractivity contribution in [2.24, 2.45) is 5.73 Å². The van der Waals surface area contributed by atoms with Crippen molar-refractivity contribution in [3.05, 3.63) is 58.6 Å². The zero-order chi connectivity index (χ0) is 14.8. The average molecular weight is 356 g/mol. The van der Waals surface area contributed by atoms with Crippen LogP contribution in [0.3, 0.4) is 0 Å². The maximum atomic E-state index is 12.1. The predicted molar refractivity (Wildman–Crippen MR) is 76.9 cm³/mol. The molecule has 2 aromatic rings. The van der Waals surface area contributed by atoms with Gasteiger partial charge in [-0.15, -0.1) is 0 Å². The first kappa shape index (κ1) is 14.5. The molecule has 0 aromatic heterocycles. The van der Waals surface area contributed by atoms with E-state index in [1.165, 1.54) is 24.3 Å². The second-order valence-electron chi connectivity index (χ2n) is 3.86. The fraction of sp³-hybridized carbons (Fsp3) is 0. The molecule has 0 atom stereocenters. The lowest BCUT2D eigenvalue weighted by Gasteiger charge is -2.09. The Morgan fingerprint density at radius 2 is 1.80 bits per heavy atom. The normalized spacial score (nSPS) is 11.1. The van der Waals surface area contributed by atoms with Gasteiger partial charge >= 0.3 is 10.1 Å². The van der Waals surface area contributed by atoms with Crippen LogP contribution in [0.1, 0.15) is 10.4 Å². The highest BCUT2D eigenvalue weighted by molar-refractivity contribution is 9.10. The minimum absolute atomic E-state index is 0.00562. The standard InChI is InChI=1S/C13H10BrNO4S/c14-9-4-3-5-10(8-9)20(17,18)19-12-7-2-1-6-11(12)13(15)16/h1-8H,(H2,15,16). The van der Waals surface area contributed by atoms with Gasteiger partial charge in [0.15, 0.2) is 5.75 Å². The molecule has 1 amide bonds. The molecule has 20 heavy (non-hydrogen) atoms. The molecule has 0 fully saturated rings. The summed E-state index contributed by atoms with van der Waals surface area (Å²) in [5.74, 6) is -0.856. The molecule has 0 bridgehead atoms. The predicted octanol–water partition coefficient (Wildman–Crippen LogP) is 2.32. The molecule has 0 unspecified atom stereocenters.